The second-order valence-corrected chi connectivity index (χ2v) is 5.77. The van der Waals surface area contributed by atoms with Gasteiger partial charge in [-0.15, -0.1) is 0 Å². The third kappa shape index (κ3) is 2.25. The number of carboxylic acid groups (broad SMARTS) is 1. The van der Waals surface area contributed by atoms with Crippen molar-refractivity contribution < 1.29 is 9.90 Å². The van der Waals surface area contributed by atoms with E-state index in [1.807, 2.05) is 0 Å². The number of hydrogen-bond donors (Lipinski definition) is 2. The normalized spacial score (nSPS) is 11.7. The van der Waals surface area contributed by atoms with Crippen LogP contribution in [0.15, 0.2) is 12.1 Å². The van der Waals surface area contributed by atoms with Gasteiger partial charge >= 0.3 is 5.97 Å². The lowest BCUT2D eigenvalue weighted by Gasteiger charge is -2.10. The van der Waals surface area contributed by atoms with E-state index in [1.165, 1.54) is 5.56 Å². The van der Waals surface area contributed by atoms with E-state index in [2.05, 4.69) is 39.6 Å². The highest BCUT2D eigenvalue weighted by atomic mass is 16.4. The molecule has 2 rings (SSSR count). The van der Waals surface area contributed by atoms with Crippen molar-refractivity contribution in [2.45, 2.75) is 46.5 Å². The number of rotatable bonds is 3. The van der Waals surface area contributed by atoms with Gasteiger partial charge in [0.15, 0.2) is 0 Å². The molecule has 0 aliphatic rings. The Bertz CT molecular complexity index is 636. The molecule has 0 amide bonds. The summed E-state index contributed by atoms with van der Waals surface area (Å²) in [6.07, 6.45) is 0. The lowest BCUT2D eigenvalue weighted by atomic mass is 9.93. The van der Waals surface area contributed by atoms with Gasteiger partial charge in [-0.2, -0.15) is 0 Å². The van der Waals surface area contributed by atoms with Crippen molar-refractivity contribution in [3.63, 3.8) is 0 Å². The number of benzene rings is 1. The third-order valence-corrected chi connectivity index (χ3v) is 3.62. The van der Waals surface area contributed by atoms with Crippen LogP contribution in [-0.2, 0) is 0 Å². The number of nitrogens with one attached hydrogen (secondary N) is 1. The fourth-order valence-electron chi connectivity index (χ4n) is 2.80. The largest absolute Gasteiger partial charge is 0.478 e. The maximum absolute atomic E-state index is 11.3. The summed E-state index contributed by atoms with van der Waals surface area (Å²) in [5, 5.41) is 10.3. The summed E-state index contributed by atoms with van der Waals surface area (Å²) < 4.78 is 0. The van der Waals surface area contributed by atoms with Crippen molar-refractivity contribution >= 4 is 16.9 Å². The molecule has 1 aromatic heterocycles. The number of aromatic nitrogens is 1. The number of aryl methyl sites for hydroxylation is 1. The molecule has 0 atom stereocenters. The smallest absolute Gasteiger partial charge is 0.335 e. The van der Waals surface area contributed by atoms with Crippen LogP contribution in [0, 0.1) is 6.92 Å². The minimum Gasteiger partial charge on any atom is -0.478 e. The number of aromatic carboxylic acids is 1. The van der Waals surface area contributed by atoms with Crippen LogP contribution in [0.4, 0.5) is 0 Å². The zero-order chi connectivity index (χ0) is 14.3. The molecular weight excluding hydrogens is 238 g/mol. The van der Waals surface area contributed by atoms with Crippen LogP contribution in [0.3, 0.4) is 0 Å². The Hall–Kier alpha value is -1.77. The average Bonchev–Trinajstić information content (AvgIpc) is 2.62. The molecule has 0 fully saturated rings. The van der Waals surface area contributed by atoms with E-state index in [0.29, 0.717) is 17.4 Å². The first-order valence-corrected chi connectivity index (χ1v) is 6.72. The van der Waals surface area contributed by atoms with Crippen molar-refractivity contribution in [2.75, 3.05) is 0 Å². The van der Waals surface area contributed by atoms with Crippen molar-refractivity contribution in [3.05, 3.63) is 34.5 Å². The van der Waals surface area contributed by atoms with Gasteiger partial charge in [0.2, 0.25) is 0 Å². The van der Waals surface area contributed by atoms with Gasteiger partial charge in [-0.3, -0.25) is 0 Å². The molecule has 1 aromatic carbocycles. The number of carboxylic acids is 1. The van der Waals surface area contributed by atoms with Crippen molar-refractivity contribution in [3.8, 4) is 0 Å². The number of fused-ring (bicyclic) bond motifs is 1. The van der Waals surface area contributed by atoms with Crippen LogP contribution in [0.1, 0.15) is 66.7 Å². The molecule has 0 bridgehead atoms. The van der Waals surface area contributed by atoms with E-state index in [4.69, 9.17) is 0 Å². The van der Waals surface area contributed by atoms with E-state index in [0.717, 1.165) is 22.2 Å². The first kappa shape index (κ1) is 13.7. The number of hydrogen-bond acceptors (Lipinski definition) is 1. The van der Waals surface area contributed by atoms with Gasteiger partial charge in [0.05, 0.1) is 5.56 Å². The Kier molecular flexibility index (Phi) is 3.40. The van der Waals surface area contributed by atoms with E-state index in [-0.39, 0.29) is 0 Å². The Morgan fingerprint density at radius 3 is 2.26 bits per heavy atom. The van der Waals surface area contributed by atoms with Crippen LogP contribution < -0.4 is 0 Å². The van der Waals surface area contributed by atoms with Gasteiger partial charge in [-0.1, -0.05) is 27.7 Å². The monoisotopic (exact) mass is 259 g/mol. The summed E-state index contributed by atoms with van der Waals surface area (Å²) in [7, 11) is 0. The fourth-order valence-corrected chi connectivity index (χ4v) is 2.80. The third-order valence-electron chi connectivity index (χ3n) is 3.62. The van der Waals surface area contributed by atoms with Gasteiger partial charge in [0, 0.05) is 16.6 Å². The molecule has 0 aliphatic carbocycles. The van der Waals surface area contributed by atoms with Crippen LogP contribution in [0.5, 0.6) is 0 Å². The Morgan fingerprint density at radius 1 is 1.16 bits per heavy atom. The van der Waals surface area contributed by atoms with Gasteiger partial charge in [0.1, 0.15) is 0 Å². The highest BCUT2D eigenvalue weighted by molar-refractivity contribution is 5.97. The molecule has 0 radical (unpaired) electrons. The highest BCUT2D eigenvalue weighted by Crippen LogP contribution is 2.34. The molecule has 0 unspecified atom stereocenters. The minimum absolute atomic E-state index is 0.292. The lowest BCUT2D eigenvalue weighted by molar-refractivity contribution is 0.0697. The summed E-state index contributed by atoms with van der Waals surface area (Å²) in [6, 6.07) is 3.58. The second-order valence-electron chi connectivity index (χ2n) is 5.77. The number of carbonyl (C=O) groups is 1. The number of H-pyrrole nitrogens is 1. The minimum atomic E-state index is -0.864. The topological polar surface area (TPSA) is 53.1 Å². The summed E-state index contributed by atoms with van der Waals surface area (Å²) in [6.45, 7) is 10.5. The van der Waals surface area contributed by atoms with Crippen LogP contribution >= 0.6 is 0 Å². The summed E-state index contributed by atoms with van der Waals surface area (Å²) in [5.74, 6) is -0.199. The molecule has 3 heteroatoms. The van der Waals surface area contributed by atoms with E-state index < -0.39 is 5.97 Å². The molecule has 102 valence electrons. The Balaban J connectivity index is 2.87. The molecule has 19 heavy (non-hydrogen) atoms. The predicted octanol–water partition coefficient (Wildman–Crippen LogP) is 4.42. The molecule has 0 saturated heterocycles. The quantitative estimate of drug-likeness (QED) is 0.857. The molecule has 0 aliphatic heterocycles. The zero-order valence-electron chi connectivity index (χ0n) is 12.2. The van der Waals surface area contributed by atoms with Gasteiger partial charge in [-0.25, -0.2) is 4.79 Å². The number of aromatic amines is 1. The van der Waals surface area contributed by atoms with E-state index in [1.54, 1.807) is 12.1 Å². The van der Waals surface area contributed by atoms with E-state index in [9.17, 15) is 9.90 Å². The maximum atomic E-state index is 11.3. The lowest BCUT2D eigenvalue weighted by Crippen LogP contribution is -2.00. The molecule has 2 aromatic rings. The average molecular weight is 259 g/mol. The molecule has 3 nitrogen and oxygen atoms in total. The summed E-state index contributed by atoms with van der Waals surface area (Å²) in [5.41, 5.74) is 4.89. The van der Waals surface area contributed by atoms with Gasteiger partial charge < -0.3 is 10.1 Å². The summed E-state index contributed by atoms with van der Waals surface area (Å²) in [4.78, 5) is 14.7. The first-order chi connectivity index (χ1) is 8.82. The Labute approximate surface area is 113 Å². The van der Waals surface area contributed by atoms with Gasteiger partial charge in [0.25, 0.3) is 0 Å². The van der Waals surface area contributed by atoms with E-state index >= 15 is 0 Å². The van der Waals surface area contributed by atoms with Crippen molar-refractivity contribution in [2.24, 2.45) is 0 Å². The SMILES string of the molecule is Cc1[nH]c2c(C(C)C)cc(C(=O)O)cc2c1C(C)C. The first-order valence-electron chi connectivity index (χ1n) is 6.72. The highest BCUT2D eigenvalue weighted by Gasteiger charge is 2.18. The standard InChI is InChI=1S/C16H21NO2/c1-8(2)12-6-11(16(18)19)7-13-14(9(3)4)10(5)17-15(12)13/h6-9,17H,1-5H3,(H,18,19). The zero-order valence-corrected chi connectivity index (χ0v) is 12.2. The maximum Gasteiger partial charge on any atom is 0.335 e. The fraction of sp³-hybridized carbons (Fsp3) is 0.438. The van der Waals surface area contributed by atoms with Crippen molar-refractivity contribution in [1.82, 2.24) is 4.98 Å². The molecule has 2 N–H and O–H groups in total. The van der Waals surface area contributed by atoms with Crippen LogP contribution in [0.25, 0.3) is 10.9 Å². The van der Waals surface area contributed by atoms with Gasteiger partial charge in [-0.05, 0) is 42.0 Å². The molecule has 0 spiro atoms. The molecular formula is C16H21NO2. The Morgan fingerprint density at radius 2 is 1.79 bits per heavy atom. The van der Waals surface area contributed by atoms with Crippen LogP contribution in [0.2, 0.25) is 0 Å². The predicted molar refractivity (Wildman–Crippen MR) is 78.2 cm³/mol. The summed E-state index contributed by atoms with van der Waals surface area (Å²) >= 11 is 0. The molecule has 0 saturated carbocycles. The van der Waals surface area contributed by atoms with Crippen LogP contribution in [-0.4, -0.2) is 16.1 Å². The second kappa shape index (κ2) is 4.72. The molecule has 1 heterocycles. The van der Waals surface area contributed by atoms with Crippen molar-refractivity contribution in [1.29, 1.82) is 0 Å².